The van der Waals surface area contributed by atoms with Crippen LogP contribution in [0.1, 0.15) is 26.4 Å². The molecule has 9 heteroatoms. The van der Waals surface area contributed by atoms with Gasteiger partial charge in [-0.1, -0.05) is 18.2 Å². The Bertz CT molecular complexity index is 1070. The third kappa shape index (κ3) is 4.45. The Morgan fingerprint density at radius 1 is 0.931 bits per heavy atom. The molecule has 1 heterocycles. The second-order valence-electron chi connectivity index (χ2n) is 6.18. The minimum Gasteiger partial charge on any atom is -0.347 e. The van der Waals surface area contributed by atoms with Crippen molar-refractivity contribution in [3.05, 3.63) is 83.4 Å². The monoisotopic (exact) mass is 405 g/mol. The quantitative estimate of drug-likeness (QED) is 0.513. The van der Waals surface area contributed by atoms with Crippen molar-refractivity contribution in [1.29, 1.82) is 0 Å². The molecule has 5 nitrogen and oxygen atoms in total. The zero-order chi connectivity index (χ0) is 21.2. The van der Waals surface area contributed by atoms with Crippen LogP contribution < -0.4 is 10.9 Å². The van der Waals surface area contributed by atoms with Crippen molar-refractivity contribution in [2.24, 2.45) is 7.05 Å². The second-order valence-corrected chi connectivity index (χ2v) is 6.18. The van der Waals surface area contributed by atoms with E-state index in [-0.39, 0.29) is 22.4 Å². The molecule has 0 aliphatic carbocycles. The first kappa shape index (κ1) is 20.1. The van der Waals surface area contributed by atoms with Gasteiger partial charge in [-0.2, -0.15) is 13.2 Å². The number of benzene rings is 2. The van der Waals surface area contributed by atoms with E-state index in [9.17, 15) is 27.2 Å². The summed E-state index contributed by atoms with van der Waals surface area (Å²) in [6, 6.07) is 10.6. The van der Waals surface area contributed by atoms with Crippen molar-refractivity contribution >= 4 is 11.8 Å². The molecule has 3 rings (SSSR count). The Morgan fingerprint density at radius 2 is 1.66 bits per heavy atom. The Labute approximate surface area is 162 Å². The lowest BCUT2D eigenvalue weighted by Gasteiger charge is -2.13. The van der Waals surface area contributed by atoms with Crippen molar-refractivity contribution in [3.8, 4) is 11.1 Å². The lowest BCUT2D eigenvalue weighted by atomic mass is 9.97. The van der Waals surface area contributed by atoms with Gasteiger partial charge in [0.1, 0.15) is 11.5 Å². The van der Waals surface area contributed by atoms with E-state index >= 15 is 0 Å². The fourth-order valence-electron chi connectivity index (χ4n) is 2.76. The highest BCUT2D eigenvalue weighted by Crippen LogP contribution is 2.33. The number of hydrazine groups is 1. The molecule has 0 bridgehead atoms. The van der Waals surface area contributed by atoms with Crippen LogP contribution in [0, 0.1) is 5.82 Å². The maximum absolute atomic E-state index is 13.7. The third-order valence-electron chi connectivity index (χ3n) is 4.19. The Kier molecular flexibility index (Phi) is 5.40. The third-order valence-corrected chi connectivity index (χ3v) is 4.19. The summed E-state index contributed by atoms with van der Waals surface area (Å²) < 4.78 is 54.2. The zero-order valence-corrected chi connectivity index (χ0v) is 15.0. The van der Waals surface area contributed by atoms with E-state index < -0.39 is 29.4 Å². The summed E-state index contributed by atoms with van der Waals surface area (Å²) in [6.07, 6.45) is -2.93. The number of aryl methyl sites for hydroxylation is 1. The summed E-state index contributed by atoms with van der Waals surface area (Å²) in [5.74, 6) is -2.23. The Morgan fingerprint density at radius 3 is 2.31 bits per heavy atom. The van der Waals surface area contributed by atoms with E-state index in [0.717, 1.165) is 24.3 Å². The van der Waals surface area contributed by atoms with Crippen LogP contribution in [-0.4, -0.2) is 16.4 Å². The highest BCUT2D eigenvalue weighted by Gasteiger charge is 2.30. The summed E-state index contributed by atoms with van der Waals surface area (Å²) in [5, 5.41) is 0. The molecular weight excluding hydrogens is 390 g/mol. The fourth-order valence-corrected chi connectivity index (χ4v) is 2.76. The van der Waals surface area contributed by atoms with E-state index in [1.165, 1.54) is 28.8 Å². The highest BCUT2D eigenvalue weighted by atomic mass is 19.4. The number of alkyl halides is 3. The first-order valence-corrected chi connectivity index (χ1v) is 8.36. The van der Waals surface area contributed by atoms with Crippen LogP contribution in [0.4, 0.5) is 17.6 Å². The lowest BCUT2D eigenvalue weighted by molar-refractivity contribution is -0.137. The molecule has 0 saturated heterocycles. The van der Waals surface area contributed by atoms with E-state index in [4.69, 9.17) is 0 Å². The van der Waals surface area contributed by atoms with Gasteiger partial charge in [-0.25, -0.2) is 4.39 Å². The molecule has 150 valence electrons. The van der Waals surface area contributed by atoms with E-state index in [1.807, 2.05) is 0 Å². The Hall–Kier alpha value is -3.62. The first-order chi connectivity index (χ1) is 13.7. The molecule has 0 aliphatic heterocycles. The summed E-state index contributed by atoms with van der Waals surface area (Å²) in [6.45, 7) is 0. The van der Waals surface area contributed by atoms with Gasteiger partial charge in [0.25, 0.3) is 11.8 Å². The molecular formula is C20H15F4N3O2. The number of hydrogen-bond acceptors (Lipinski definition) is 2. The van der Waals surface area contributed by atoms with Crippen molar-refractivity contribution in [3.63, 3.8) is 0 Å². The van der Waals surface area contributed by atoms with Gasteiger partial charge in [0.2, 0.25) is 0 Å². The molecule has 1 aromatic heterocycles. The summed E-state index contributed by atoms with van der Waals surface area (Å²) >= 11 is 0. The molecule has 0 atom stereocenters. The average Bonchev–Trinajstić information content (AvgIpc) is 3.11. The molecule has 2 aromatic carbocycles. The van der Waals surface area contributed by atoms with Crippen molar-refractivity contribution < 1.29 is 27.2 Å². The van der Waals surface area contributed by atoms with Crippen LogP contribution in [0.5, 0.6) is 0 Å². The summed E-state index contributed by atoms with van der Waals surface area (Å²) in [7, 11) is 1.63. The zero-order valence-electron chi connectivity index (χ0n) is 15.0. The number of halogens is 4. The molecule has 2 N–H and O–H groups in total. The minimum absolute atomic E-state index is 0.0822. The van der Waals surface area contributed by atoms with Gasteiger partial charge in [0, 0.05) is 13.2 Å². The molecule has 0 spiro atoms. The molecule has 0 unspecified atom stereocenters. The minimum atomic E-state index is -4.57. The van der Waals surface area contributed by atoms with Crippen LogP contribution in [0.2, 0.25) is 0 Å². The van der Waals surface area contributed by atoms with Crippen LogP contribution >= 0.6 is 0 Å². The number of carbonyl (C=O) groups excluding carboxylic acids is 2. The van der Waals surface area contributed by atoms with Gasteiger partial charge >= 0.3 is 6.18 Å². The molecule has 0 aliphatic rings. The maximum Gasteiger partial charge on any atom is 0.416 e. The van der Waals surface area contributed by atoms with Crippen LogP contribution in [-0.2, 0) is 13.2 Å². The number of rotatable bonds is 3. The molecule has 29 heavy (non-hydrogen) atoms. The highest BCUT2D eigenvalue weighted by molar-refractivity contribution is 6.02. The number of carbonyl (C=O) groups is 2. The maximum atomic E-state index is 13.7. The van der Waals surface area contributed by atoms with Crippen LogP contribution in [0.15, 0.2) is 60.8 Å². The van der Waals surface area contributed by atoms with Gasteiger partial charge in [0.15, 0.2) is 0 Å². The number of aromatic nitrogens is 1. The molecule has 3 aromatic rings. The molecule has 2 amide bonds. The van der Waals surface area contributed by atoms with Gasteiger partial charge in [-0.3, -0.25) is 20.4 Å². The predicted molar refractivity (Wildman–Crippen MR) is 97.2 cm³/mol. The second kappa shape index (κ2) is 7.78. The number of nitrogens with zero attached hydrogens (tertiary/aromatic N) is 1. The first-order valence-electron chi connectivity index (χ1n) is 8.36. The van der Waals surface area contributed by atoms with E-state index in [0.29, 0.717) is 0 Å². The van der Waals surface area contributed by atoms with Crippen molar-refractivity contribution in [1.82, 2.24) is 15.4 Å². The van der Waals surface area contributed by atoms with Crippen molar-refractivity contribution in [2.75, 3.05) is 0 Å². The fraction of sp³-hybridized carbons (Fsp3) is 0.100. The average molecular weight is 405 g/mol. The summed E-state index contributed by atoms with van der Waals surface area (Å²) in [4.78, 5) is 24.6. The van der Waals surface area contributed by atoms with E-state index in [2.05, 4.69) is 10.9 Å². The van der Waals surface area contributed by atoms with Gasteiger partial charge < -0.3 is 4.57 Å². The molecule has 0 radical (unpaired) electrons. The van der Waals surface area contributed by atoms with Gasteiger partial charge in [-0.05, 0) is 47.5 Å². The van der Waals surface area contributed by atoms with Crippen molar-refractivity contribution in [2.45, 2.75) is 6.18 Å². The van der Waals surface area contributed by atoms with E-state index in [1.54, 1.807) is 19.3 Å². The van der Waals surface area contributed by atoms with Gasteiger partial charge in [-0.15, -0.1) is 0 Å². The standard InChI is InChI=1S/C20H15F4N3O2/c1-27-9-3-6-17(27)19(29)26-25-18(28)16-11-14(21)7-8-15(16)12-4-2-5-13(10-12)20(22,23)24/h2-11H,1H3,(H,25,28)(H,26,29). The lowest BCUT2D eigenvalue weighted by Crippen LogP contribution is -2.42. The number of nitrogens with one attached hydrogen (secondary N) is 2. The molecule has 0 fully saturated rings. The van der Waals surface area contributed by atoms with Gasteiger partial charge in [0.05, 0.1) is 11.1 Å². The Balaban J connectivity index is 1.88. The summed E-state index contributed by atoms with van der Waals surface area (Å²) in [5.41, 5.74) is 3.66. The van der Waals surface area contributed by atoms with Crippen LogP contribution in [0.3, 0.4) is 0 Å². The topological polar surface area (TPSA) is 63.1 Å². The smallest absolute Gasteiger partial charge is 0.347 e. The SMILES string of the molecule is Cn1cccc1C(=O)NNC(=O)c1cc(F)ccc1-c1cccc(C(F)(F)F)c1. The number of amides is 2. The van der Waals surface area contributed by atoms with Crippen LogP contribution in [0.25, 0.3) is 11.1 Å². The number of hydrogen-bond donors (Lipinski definition) is 2. The normalized spacial score (nSPS) is 11.2. The predicted octanol–water partition coefficient (Wildman–Crippen LogP) is 3.92. The largest absolute Gasteiger partial charge is 0.416 e. The molecule has 0 saturated carbocycles.